The quantitative estimate of drug-likeness (QED) is 0.191. The van der Waals surface area contributed by atoms with Gasteiger partial charge < -0.3 is 25.6 Å². The topological polar surface area (TPSA) is 166 Å². The highest BCUT2D eigenvalue weighted by atomic mass is 31.2. The van der Waals surface area contributed by atoms with Gasteiger partial charge in [0, 0.05) is 6.42 Å². The van der Waals surface area contributed by atoms with E-state index in [-0.39, 0.29) is 6.42 Å². The van der Waals surface area contributed by atoms with Gasteiger partial charge in [0.05, 0.1) is 19.8 Å². The first-order valence-corrected chi connectivity index (χ1v) is 9.12. The van der Waals surface area contributed by atoms with E-state index >= 15 is 0 Å². The summed E-state index contributed by atoms with van der Waals surface area (Å²) in [6, 6.07) is -1.48. The maximum absolute atomic E-state index is 11.6. The number of hydrogen-bond acceptors (Lipinski definition) is 8. The zero-order chi connectivity index (χ0) is 18.6. The molecule has 0 radical (unpaired) electrons. The Hall–Kier alpha value is -1.03. The standard InChI is InChI=1S/C13H26NO9P/c1-2-3-4-5-6-12(16)23-10(7-15)8-21-24(19,20)22-9-11(14)13(17)18/h10-11,15H,2-9,14H2,1H3,(H,17,18)(H,19,20)/t10-,11+/m1/s1. The minimum Gasteiger partial charge on any atom is -0.480 e. The van der Waals surface area contributed by atoms with Gasteiger partial charge in [0.2, 0.25) is 0 Å². The number of phosphoric ester groups is 1. The summed E-state index contributed by atoms with van der Waals surface area (Å²) in [4.78, 5) is 31.4. The Morgan fingerprint density at radius 2 is 1.79 bits per heavy atom. The van der Waals surface area contributed by atoms with Crippen molar-refractivity contribution in [3.63, 3.8) is 0 Å². The number of hydrogen-bond donors (Lipinski definition) is 4. The molecule has 0 aliphatic carbocycles. The summed E-state index contributed by atoms with van der Waals surface area (Å²) in [5.41, 5.74) is 5.12. The number of aliphatic hydroxyl groups is 1. The first-order valence-electron chi connectivity index (χ1n) is 7.62. The molecule has 3 atom stereocenters. The molecule has 24 heavy (non-hydrogen) atoms. The Morgan fingerprint density at radius 1 is 1.17 bits per heavy atom. The number of carbonyl (C=O) groups excluding carboxylic acids is 1. The molecule has 0 bridgehead atoms. The number of esters is 1. The SMILES string of the molecule is CCCCCCC(=O)O[C@H](CO)COP(=O)(O)OC[C@H](N)C(=O)O. The van der Waals surface area contributed by atoms with Crippen LogP contribution in [-0.4, -0.2) is 59.0 Å². The van der Waals surface area contributed by atoms with Crippen molar-refractivity contribution < 1.29 is 43.0 Å². The fourth-order valence-electron chi connectivity index (χ4n) is 1.53. The number of ether oxygens (including phenoxy) is 1. The Labute approximate surface area is 140 Å². The van der Waals surface area contributed by atoms with Gasteiger partial charge in [0.15, 0.2) is 0 Å². The maximum atomic E-state index is 11.6. The molecule has 0 heterocycles. The third-order valence-electron chi connectivity index (χ3n) is 2.89. The minimum atomic E-state index is -4.57. The van der Waals surface area contributed by atoms with E-state index in [1.165, 1.54) is 0 Å². The molecule has 0 aliphatic rings. The van der Waals surface area contributed by atoms with Crippen molar-refractivity contribution in [1.29, 1.82) is 0 Å². The van der Waals surface area contributed by atoms with E-state index in [1.54, 1.807) is 0 Å². The van der Waals surface area contributed by atoms with Gasteiger partial charge in [-0.1, -0.05) is 26.2 Å². The highest BCUT2D eigenvalue weighted by molar-refractivity contribution is 7.47. The summed E-state index contributed by atoms with van der Waals surface area (Å²) in [6.45, 7) is 0.128. The summed E-state index contributed by atoms with van der Waals surface area (Å²) in [6.07, 6.45) is 2.62. The second-order valence-corrected chi connectivity index (χ2v) is 6.56. The van der Waals surface area contributed by atoms with Crippen LogP contribution in [0.15, 0.2) is 0 Å². The number of carbonyl (C=O) groups is 2. The van der Waals surface area contributed by atoms with Gasteiger partial charge in [0.25, 0.3) is 0 Å². The largest absolute Gasteiger partial charge is 0.480 e. The second kappa shape index (κ2) is 12.3. The molecule has 0 amide bonds. The number of carboxylic acids is 1. The van der Waals surface area contributed by atoms with E-state index in [1.807, 2.05) is 6.92 Å². The number of unbranched alkanes of at least 4 members (excludes halogenated alkanes) is 3. The van der Waals surface area contributed by atoms with Crippen molar-refractivity contribution in [2.75, 3.05) is 19.8 Å². The molecule has 0 fully saturated rings. The number of carboxylic acid groups (broad SMARTS) is 1. The number of aliphatic carboxylic acids is 1. The first kappa shape index (κ1) is 23.0. The van der Waals surface area contributed by atoms with E-state index < -0.39 is 51.7 Å². The molecular formula is C13H26NO9P. The normalized spacial score (nSPS) is 16.2. The Balaban J connectivity index is 4.15. The second-order valence-electron chi connectivity index (χ2n) is 5.11. The molecule has 11 heteroatoms. The molecule has 0 aromatic rings. The van der Waals surface area contributed by atoms with Crippen molar-refractivity contribution in [1.82, 2.24) is 0 Å². The third kappa shape index (κ3) is 11.5. The summed E-state index contributed by atoms with van der Waals surface area (Å²) in [5, 5.41) is 17.6. The van der Waals surface area contributed by atoms with E-state index in [9.17, 15) is 19.0 Å². The van der Waals surface area contributed by atoms with Crippen molar-refractivity contribution in [2.24, 2.45) is 5.73 Å². The smallest absolute Gasteiger partial charge is 0.472 e. The van der Waals surface area contributed by atoms with Gasteiger partial charge >= 0.3 is 19.8 Å². The van der Waals surface area contributed by atoms with Crippen molar-refractivity contribution in [3.8, 4) is 0 Å². The van der Waals surface area contributed by atoms with Gasteiger partial charge in [-0.25, -0.2) is 4.57 Å². The summed E-state index contributed by atoms with van der Waals surface area (Å²) in [7, 11) is -4.57. The van der Waals surface area contributed by atoms with Gasteiger partial charge in [-0.15, -0.1) is 0 Å². The van der Waals surface area contributed by atoms with Gasteiger partial charge in [-0.2, -0.15) is 0 Å². The fourth-order valence-corrected chi connectivity index (χ4v) is 2.30. The zero-order valence-corrected chi connectivity index (χ0v) is 14.5. The maximum Gasteiger partial charge on any atom is 0.472 e. The Morgan fingerprint density at radius 3 is 2.33 bits per heavy atom. The summed E-state index contributed by atoms with van der Waals surface area (Å²) >= 11 is 0. The van der Waals surface area contributed by atoms with Crippen LogP contribution in [0.4, 0.5) is 0 Å². The van der Waals surface area contributed by atoms with Crippen molar-refractivity contribution in [2.45, 2.75) is 51.2 Å². The molecule has 0 rings (SSSR count). The van der Waals surface area contributed by atoms with Crippen LogP contribution in [0.5, 0.6) is 0 Å². The number of nitrogens with two attached hydrogens (primary N) is 1. The predicted octanol–water partition coefficient (Wildman–Crippen LogP) is 0.406. The van der Waals surface area contributed by atoms with Crippen LogP contribution in [-0.2, 0) is 27.9 Å². The highest BCUT2D eigenvalue weighted by Gasteiger charge is 2.27. The van der Waals surface area contributed by atoms with E-state index in [4.69, 9.17) is 20.7 Å². The summed E-state index contributed by atoms with van der Waals surface area (Å²) in [5.74, 6) is -1.95. The average molecular weight is 371 g/mol. The van der Waals surface area contributed by atoms with Crippen molar-refractivity contribution in [3.05, 3.63) is 0 Å². The Kier molecular flexibility index (Phi) is 11.8. The third-order valence-corrected chi connectivity index (χ3v) is 3.84. The molecule has 142 valence electrons. The number of rotatable bonds is 14. The molecule has 1 unspecified atom stereocenters. The van der Waals surface area contributed by atoms with Crippen LogP contribution in [0.3, 0.4) is 0 Å². The van der Waals surface area contributed by atoms with Gasteiger partial charge in [-0.3, -0.25) is 18.6 Å². The van der Waals surface area contributed by atoms with Crippen LogP contribution < -0.4 is 5.73 Å². The van der Waals surface area contributed by atoms with Crippen LogP contribution in [0.25, 0.3) is 0 Å². The molecule has 0 saturated carbocycles. The molecule has 0 saturated heterocycles. The number of phosphoric acid groups is 1. The lowest BCUT2D eigenvalue weighted by atomic mass is 10.1. The lowest BCUT2D eigenvalue weighted by molar-refractivity contribution is -0.153. The average Bonchev–Trinajstić information content (AvgIpc) is 2.53. The van der Waals surface area contributed by atoms with Gasteiger partial charge in [-0.05, 0) is 6.42 Å². The molecule has 0 spiro atoms. The fraction of sp³-hybridized carbons (Fsp3) is 0.846. The van der Waals surface area contributed by atoms with Crippen LogP contribution in [0.1, 0.15) is 39.0 Å². The molecule has 0 aromatic carbocycles. The lowest BCUT2D eigenvalue weighted by Gasteiger charge is -2.18. The van der Waals surface area contributed by atoms with E-state index in [0.29, 0.717) is 6.42 Å². The van der Waals surface area contributed by atoms with Gasteiger partial charge in [0.1, 0.15) is 12.1 Å². The number of aliphatic hydroxyl groups excluding tert-OH is 1. The van der Waals surface area contributed by atoms with E-state index in [0.717, 1.165) is 19.3 Å². The molecule has 10 nitrogen and oxygen atoms in total. The predicted molar refractivity (Wildman–Crippen MR) is 83.1 cm³/mol. The highest BCUT2D eigenvalue weighted by Crippen LogP contribution is 2.43. The monoisotopic (exact) mass is 371 g/mol. The lowest BCUT2D eigenvalue weighted by Crippen LogP contribution is -2.34. The van der Waals surface area contributed by atoms with Crippen LogP contribution in [0, 0.1) is 0 Å². The molecule has 0 aliphatic heterocycles. The molecule has 5 N–H and O–H groups in total. The van der Waals surface area contributed by atoms with Crippen LogP contribution in [0.2, 0.25) is 0 Å². The summed E-state index contributed by atoms with van der Waals surface area (Å²) < 4.78 is 25.4. The molecular weight excluding hydrogens is 345 g/mol. The zero-order valence-electron chi connectivity index (χ0n) is 13.6. The van der Waals surface area contributed by atoms with Crippen molar-refractivity contribution >= 4 is 19.8 Å². The molecule has 0 aromatic heterocycles. The first-order chi connectivity index (χ1) is 11.2. The minimum absolute atomic E-state index is 0.178. The van der Waals surface area contributed by atoms with E-state index in [2.05, 4.69) is 9.05 Å². The van der Waals surface area contributed by atoms with Crippen LogP contribution >= 0.6 is 7.82 Å². The Bertz CT molecular complexity index is 432.